The predicted octanol–water partition coefficient (Wildman–Crippen LogP) is 3.79. The Balaban J connectivity index is 1.62. The van der Waals surface area contributed by atoms with Gasteiger partial charge in [-0.2, -0.15) is 5.26 Å². The average Bonchev–Trinajstić information content (AvgIpc) is 3.06. The van der Waals surface area contributed by atoms with Crippen LogP contribution in [-0.2, 0) is 6.42 Å². The number of benzene rings is 2. The third-order valence-corrected chi connectivity index (χ3v) is 4.08. The van der Waals surface area contributed by atoms with Crippen molar-refractivity contribution in [2.24, 2.45) is 0 Å². The fraction of sp³-hybridized carbons (Fsp3) is 0.105. The molecule has 5 nitrogen and oxygen atoms in total. The summed E-state index contributed by atoms with van der Waals surface area (Å²) in [7, 11) is 0. The molecule has 0 bridgehead atoms. The highest BCUT2D eigenvalue weighted by atomic mass is 15.2. The second-order valence-corrected chi connectivity index (χ2v) is 5.61. The molecule has 116 valence electrons. The molecule has 0 fully saturated rings. The third kappa shape index (κ3) is 2.66. The van der Waals surface area contributed by atoms with E-state index >= 15 is 0 Å². The lowest BCUT2D eigenvalue weighted by molar-refractivity contribution is 0.965. The highest BCUT2D eigenvalue weighted by Crippen LogP contribution is 2.33. The van der Waals surface area contributed by atoms with Crippen molar-refractivity contribution in [1.82, 2.24) is 9.97 Å². The molecule has 0 saturated carbocycles. The summed E-state index contributed by atoms with van der Waals surface area (Å²) in [6, 6.07) is 19.8. The lowest BCUT2D eigenvalue weighted by Gasteiger charge is -2.18. The fourth-order valence-electron chi connectivity index (χ4n) is 2.95. The normalized spacial score (nSPS) is 12.5. The number of para-hydroxylation sites is 1. The summed E-state index contributed by atoms with van der Waals surface area (Å²) in [5, 5.41) is 12.2. The second kappa shape index (κ2) is 6.01. The topological polar surface area (TPSA) is 64.8 Å². The molecule has 0 atom stereocenters. The number of nitriles is 1. The molecule has 3 aromatic rings. The highest BCUT2D eigenvalue weighted by Gasteiger charge is 2.20. The van der Waals surface area contributed by atoms with Gasteiger partial charge in [0.1, 0.15) is 18.0 Å². The van der Waals surface area contributed by atoms with E-state index in [1.54, 1.807) is 18.5 Å². The van der Waals surface area contributed by atoms with Gasteiger partial charge in [0.15, 0.2) is 0 Å². The molecular formula is C19H15N5. The smallest absolute Gasteiger partial charge is 0.138 e. The molecule has 2 aromatic carbocycles. The van der Waals surface area contributed by atoms with Gasteiger partial charge in [0.05, 0.1) is 11.6 Å². The maximum Gasteiger partial charge on any atom is 0.138 e. The van der Waals surface area contributed by atoms with E-state index in [-0.39, 0.29) is 0 Å². The van der Waals surface area contributed by atoms with E-state index in [2.05, 4.69) is 44.5 Å². The largest absolute Gasteiger partial charge is 0.340 e. The lowest BCUT2D eigenvalue weighted by Crippen LogP contribution is -2.15. The zero-order valence-corrected chi connectivity index (χ0v) is 13.0. The Morgan fingerprint density at radius 3 is 2.88 bits per heavy atom. The molecule has 0 unspecified atom stereocenters. The molecule has 1 aliphatic heterocycles. The highest BCUT2D eigenvalue weighted by molar-refractivity contribution is 5.70. The third-order valence-electron chi connectivity index (χ3n) is 4.08. The maximum absolute atomic E-state index is 9.00. The Labute approximate surface area is 140 Å². The van der Waals surface area contributed by atoms with Crippen molar-refractivity contribution >= 4 is 23.0 Å². The first-order chi connectivity index (χ1) is 11.8. The zero-order valence-electron chi connectivity index (χ0n) is 13.0. The molecule has 5 heteroatoms. The minimum atomic E-state index is 0.614. The van der Waals surface area contributed by atoms with Crippen LogP contribution in [0.25, 0.3) is 0 Å². The van der Waals surface area contributed by atoms with Gasteiger partial charge >= 0.3 is 0 Å². The van der Waals surface area contributed by atoms with E-state index in [9.17, 15) is 0 Å². The summed E-state index contributed by atoms with van der Waals surface area (Å²) in [6.07, 6.45) is 2.58. The monoisotopic (exact) mass is 313 g/mol. The molecule has 4 rings (SSSR count). The summed E-state index contributed by atoms with van der Waals surface area (Å²) in [5.74, 6) is 1.58. The van der Waals surface area contributed by atoms with Crippen LogP contribution >= 0.6 is 0 Å². The molecule has 24 heavy (non-hydrogen) atoms. The van der Waals surface area contributed by atoms with E-state index in [1.165, 1.54) is 11.3 Å². The van der Waals surface area contributed by atoms with Crippen molar-refractivity contribution in [1.29, 1.82) is 5.26 Å². The van der Waals surface area contributed by atoms with E-state index in [0.717, 1.165) is 24.5 Å². The van der Waals surface area contributed by atoms with Gasteiger partial charge < -0.3 is 10.2 Å². The van der Waals surface area contributed by atoms with Crippen molar-refractivity contribution in [3.05, 3.63) is 72.1 Å². The summed E-state index contributed by atoms with van der Waals surface area (Å²) in [5.41, 5.74) is 3.99. The Morgan fingerprint density at radius 1 is 1.04 bits per heavy atom. The van der Waals surface area contributed by atoms with E-state index < -0.39 is 0 Å². The molecular weight excluding hydrogens is 298 g/mol. The van der Waals surface area contributed by atoms with Gasteiger partial charge in [0, 0.05) is 24.0 Å². The van der Waals surface area contributed by atoms with Crippen LogP contribution < -0.4 is 10.2 Å². The van der Waals surface area contributed by atoms with Gasteiger partial charge in [0.25, 0.3) is 0 Å². The van der Waals surface area contributed by atoms with E-state index in [1.807, 2.05) is 24.3 Å². The van der Waals surface area contributed by atoms with E-state index in [0.29, 0.717) is 11.4 Å². The van der Waals surface area contributed by atoms with Crippen LogP contribution in [0.4, 0.5) is 23.0 Å². The molecule has 0 amide bonds. The first kappa shape index (κ1) is 14.2. The summed E-state index contributed by atoms with van der Waals surface area (Å²) >= 11 is 0. The van der Waals surface area contributed by atoms with Gasteiger partial charge in [-0.15, -0.1) is 0 Å². The van der Waals surface area contributed by atoms with Crippen LogP contribution in [0.15, 0.2) is 60.9 Å². The lowest BCUT2D eigenvalue weighted by atomic mass is 10.2. The Bertz CT molecular complexity index is 929. The number of nitrogens with one attached hydrogen (secondary N) is 1. The van der Waals surface area contributed by atoms with Crippen molar-refractivity contribution < 1.29 is 0 Å². The molecule has 0 aliphatic carbocycles. The van der Waals surface area contributed by atoms with Gasteiger partial charge in [-0.3, -0.25) is 0 Å². The number of anilines is 4. The number of nitrogens with zero attached hydrogens (tertiary/aromatic N) is 4. The summed E-state index contributed by atoms with van der Waals surface area (Å²) < 4.78 is 0. The fourth-order valence-corrected chi connectivity index (χ4v) is 2.95. The SMILES string of the molecule is N#Cc1cccc(Nc2cc(N3CCc4ccccc43)ncn2)c1. The molecule has 0 radical (unpaired) electrons. The number of fused-ring (bicyclic) bond motifs is 1. The summed E-state index contributed by atoms with van der Waals surface area (Å²) in [4.78, 5) is 10.9. The molecule has 1 aliphatic rings. The Morgan fingerprint density at radius 2 is 1.96 bits per heavy atom. The van der Waals surface area contributed by atoms with Crippen molar-refractivity contribution in [2.75, 3.05) is 16.8 Å². The minimum absolute atomic E-state index is 0.614. The van der Waals surface area contributed by atoms with Gasteiger partial charge in [-0.05, 0) is 36.2 Å². The number of rotatable bonds is 3. The van der Waals surface area contributed by atoms with Crippen LogP contribution in [0.3, 0.4) is 0 Å². The van der Waals surface area contributed by atoms with Crippen LogP contribution in [-0.4, -0.2) is 16.5 Å². The van der Waals surface area contributed by atoms with Crippen LogP contribution in [0.5, 0.6) is 0 Å². The van der Waals surface area contributed by atoms with Gasteiger partial charge in [-0.25, -0.2) is 9.97 Å². The number of hydrogen-bond acceptors (Lipinski definition) is 5. The van der Waals surface area contributed by atoms with Crippen LogP contribution in [0.2, 0.25) is 0 Å². The Kier molecular flexibility index (Phi) is 3.56. The molecule has 1 N–H and O–H groups in total. The molecule has 0 spiro atoms. The van der Waals surface area contributed by atoms with Crippen LogP contribution in [0, 0.1) is 11.3 Å². The first-order valence-electron chi connectivity index (χ1n) is 7.78. The molecule has 2 heterocycles. The van der Waals surface area contributed by atoms with Crippen molar-refractivity contribution in [2.45, 2.75) is 6.42 Å². The van der Waals surface area contributed by atoms with Gasteiger partial charge in [0.2, 0.25) is 0 Å². The van der Waals surface area contributed by atoms with Crippen molar-refractivity contribution in [3.8, 4) is 6.07 Å². The first-order valence-corrected chi connectivity index (χ1v) is 7.78. The maximum atomic E-state index is 9.00. The van der Waals surface area contributed by atoms with E-state index in [4.69, 9.17) is 5.26 Å². The molecule has 0 saturated heterocycles. The standard InChI is InChI=1S/C19H15N5/c20-12-14-4-3-6-16(10-14)23-18-11-19(22-13-21-18)24-9-8-15-5-1-2-7-17(15)24/h1-7,10-11,13H,8-9H2,(H,21,22,23). The van der Waals surface area contributed by atoms with Gasteiger partial charge in [-0.1, -0.05) is 24.3 Å². The number of hydrogen-bond donors (Lipinski definition) is 1. The predicted molar refractivity (Wildman–Crippen MR) is 93.6 cm³/mol. The summed E-state index contributed by atoms with van der Waals surface area (Å²) in [6.45, 7) is 0.916. The number of aromatic nitrogens is 2. The van der Waals surface area contributed by atoms with Crippen LogP contribution in [0.1, 0.15) is 11.1 Å². The Hall–Kier alpha value is -3.39. The molecule has 1 aromatic heterocycles. The quantitative estimate of drug-likeness (QED) is 0.797. The van der Waals surface area contributed by atoms with Crippen molar-refractivity contribution in [3.63, 3.8) is 0 Å². The second-order valence-electron chi connectivity index (χ2n) is 5.61. The minimum Gasteiger partial charge on any atom is -0.340 e. The average molecular weight is 313 g/mol. The zero-order chi connectivity index (χ0) is 16.4.